The fraction of sp³-hybridized carbons (Fsp3) is 0.706. The van der Waals surface area contributed by atoms with E-state index in [4.69, 9.17) is 9.69 Å². The molecular weight excluding hydrogens is 811 g/mol. The van der Waals surface area contributed by atoms with Gasteiger partial charge in [0.15, 0.2) is 0 Å². The second-order valence-corrected chi connectivity index (χ2v) is 26.7. The molecule has 9 rings (SSSR count). The molecule has 6 saturated carbocycles. The zero-order valence-corrected chi connectivity index (χ0v) is 38.9. The summed E-state index contributed by atoms with van der Waals surface area (Å²) in [5.74, 6) is 0. The third-order valence-corrected chi connectivity index (χ3v) is 25.0. The molecule has 55 heavy (non-hydrogen) atoms. The summed E-state index contributed by atoms with van der Waals surface area (Å²) in [6.07, 6.45) is 49.5. The Bertz CT molecular complexity index is 1290. The van der Waals surface area contributed by atoms with E-state index in [2.05, 4.69) is 54.6 Å². The molecule has 4 heteroatoms. The van der Waals surface area contributed by atoms with Crippen molar-refractivity contribution in [3.05, 3.63) is 77.4 Å². The van der Waals surface area contributed by atoms with Gasteiger partial charge in [-0.1, -0.05) is 131 Å². The minimum atomic E-state index is -0.218. The average molecular weight is 888 g/mol. The summed E-state index contributed by atoms with van der Waals surface area (Å²) in [5, 5.41) is 0. The molecule has 2 aromatic carbocycles. The number of fused-ring (bicyclic) bond motifs is 1. The summed E-state index contributed by atoms with van der Waals surface area (Å²) < 4.78 is 1.30. The van der Waals surface area contributed by atoms with Gasteiger partial charge in [0.05, 0.1) is 0 Å². The van der Waals surface area contributed by atoms with Gasteiger partial charge in [0.2, 0.25) is 0 Å². The maximum atomic E-state index is 6.10. The van der Waals surface area contributed by atoms with Gasteiger partial charge in [-0.05, 0) is 111 Å². The van der Waals surface area contributed by atoms with E-state index in [1.807, 2.05) is 6.07 Å². The number of hydrogen-bond acceptors (Lipinski definition) is 0. The monoisotopic (exact) mass is 887 g/mol. The first-order chi connectivity index (χ1) is 27.3. The predicted octanol–water partition coefficient (Wildman–Crippen LogP) is 16.8. The van der Waals surface area contributed by atoms with Gasteiger partial charge in [-0.3, -0.25) is 0 Å². The van der Waals surface area contributed by atoms with Crippen molar-refractivity contribution in [3.8, 4) is 0 Å². The molecule has 0 aliphatic heterocycles. The van der Waals surface area contributed by atoms with E-state index in [9.17, 15) is 0 Å². The quantitative estimate of drug-likeness (QED) is 0.192. The van der Waals surface area contributed by atoms with Crippen LogP contribution < -0.4 is 0 Å². The van der Waals surface area contributed by atoms with Crippen LogP contribution in [0.15, 0.2) is 60.7 Å². The second kappa shape index (κ2) is 23.6. The summed E-state index contributed by atoms with van der Waals surface area (Å²) in [6, 6.07) is 19.0. The number of halogens is 1. The number of rotatable bonds is 7. The van der Waals surface area contributed by atoms with Crippen molar-refractivity contribution in [1.82, 2.24) is 0 Å². The predicted molar refractivity (Wildman–Crippen MR) is 245 cm³/mol. The van der Waals surface area contributed by atoms with Gasteiger partial charge in [0, 0.05) is 0 Å². The fourth-order valence-electron chi connectivity index (χ4n) is 12.2. The van der Waals surface area contributed by atoms with Crippen LogP contribution in [-0.2, 0) is 15.7 Å². The molecule has 0 bridgehead atoms. The van der Waals surface area contributed by atoms with Crippen LogP contribution in [0.3, 0.4) is 0 Å². The minimum absolute atomic E-state index is 0.218. The summed E-state index contributed by atoms with van der Waals surface area (Å²) in [4.78, 5) is 0. The zero-order chi connectivity index (χ0) is 37.5. The van der Waals surface area contributed by atoms with Crippen LogP contribution in [0.2, 0.25) is 0 Å². The van der Waals surface area contributed by atoms with Crippen LogP contribution in [0.5, 0.6) is 0 Å². The number of allylic oxidation sites excluding steroid dienone is 1. The molecule has 7 aliphatic rings. The summed E-state index contributed by atoms with van der Waals surface area (Å²) in [6.45, 7) is 0. The van der Waals surface area contributed by atoms with E-state index < -0.39 is 0 Å². The Morgan fingerprint density at radius 3 is 0.964 bits per heavy atom. The van der Waals surface area contributed by atoms with Gasteiger partial charge >= 0.3 is 112 Å². The standard InChI is InChI=1S/2C18H33P.C15H10.ClH.Ru/c2*1-4-10-16(11-5-1)19(17-12-6-2-7-13-17)18-14-8-3-9-15-18;1-2-6-12(7-3-1)15-11-10-13-8-4-5-9-14(13)15;;/h2*16-18H,1-15H2;1-9,11H;1H;/q;;;;+1/p-1. The molecule has 0 atom stereocenters. The average Bonchev–Trinajstić information content (AvgIpc) is 3.66. The summed E-state index contributed by atoms with van der Waals surface area (Å²) >= 11 is -0.218. The van der Waals surface area contributed by atoms with Crippen molar-refractivity contribution in [1.29, 1.82) is 0 Å². The van der Waals surface area contributed by atoms with Crippen molar-refractivity contribution in [2.75, 3.05) is 0 Å². The van der Waals surface area contributed by atoms with Gasteiger partial charge in [-0.2, -0.15) is 0 Å². The maximum absolute atomic E-state index is 6.10. The number of hydrogen-bond donors (Lipinski definition) is 0. The topological polar surface area (TPSA) is 0 Å². The van der Waals surface area contributed by atoms with Crippen LogP contribution in [-0.4, -0.2) is 38.1 Å². The SMILES string of the molecule is C1CCC(P(C2CCCCC2)C2CCCCC2)CC1.C1CCC(P(C2CCCCC2)C2CCCCC2)CC1.[Cl][Ru]=[C]1C=C(c2ccccc2)c2ccccc21. The van der Waals surface area contributed by atoms with Gasteiger partial charge < -0.3 is 0 Å². The van der Waals surface area contributed by atoms with Gasteiger partial charge in [-0.25, -0.2) is 0 Å². The van der Waals surface area contributed by atoms with Crippen molar-refractivity contribution >= 4 is 35.2 Å². The van der Waals surface area contributed by atoms with E-state index in [0.29, 0.717) is 15.8 Å². The van der Waals surface area contributed by atoms with E-state index >= 15 is 0 Å². The molecule has 0 aromatic heterocycles. The number of benzene rings is 2. The second-order valence-electron chi connectivity index (χ2n) is 18.5. The molecule has 0 amide bonds. The van der Waals surface area contributed by atoms with Gasteiger partial charge in [0.1, 0.15) is 0 Å². The van der Waals surface area contributed by atoms with Crippen LogP contribution in [0.4, 0.5) is 0 Å². The molecule has 6 fully saturated rings. The normalized spacial score (nSPS) is 25.0. The van der Waals surface area contributed by atoms with Crippen molar-refractivity contribution < 1.29 is 15.7 Å². The Labute approximate surface area is 352 Å². The fourth-order valence-corrected chi connectivity index (χ4v) is 23.1. The molecule has 2 aromatic rings. The van der Waals surface area contributed by atoms with Crippen molar-refractivity contribution in [3.63, 3.8) is 0 Å². The molecule has 0 heterocycles. The summed E-state index contributed by atoms with van der Waals surface area (Å²) in [5.41, 5.74) is 12.3. The first kappa shape index (κ1) is 42.9. The van der Waals surface area contributed by atoms with Crippen LogP contribution in [0, 0.1) is 0 Å². The Balaban J connectivity index is 0.000000127. The molecule has 305 valence electrons. The molecule has 0 N–H and O–H groups in total. The van der Waals surface area contributed by atoms with E-state index in [-0.39, 0.29) is 15.7 Å². The van der Waals surface area contributed by atoms with Gasteiger partial charge in [-0.15, -0.1) is 0 Å². The Kier molecular flexibility index (Phi) is 18.4. The third kappa shape index (κ3) is 12.2. The first-order valence-electron chi connectivity index (χ1n) is 23.8. The molecule has 7 aliphatic carbocycles. The Morgan fingerprint density at radius 1 is 0.364 bits per heavy atom. The zero-order valence-electron chi connectivity index (χ0n) is 34.6. The molecule has 0 nitrogen and oxygen atoms in total. The van der Waals surface area contributed by atoms with E-state index in [1.165, 1.54) is 98.8 Å². The van der Waals surface area contributed by atoms with Crippen LogP contribution >= 0.6 is 25.5 Å². The Morgan fingerprint density at radius 2 is 0.655 bits per heavy atom. The van der Waals surface area contributed by atoms with Crippen LogP contribution in [0.1, 0.15) is 209 Å². The third-order valence-electron chi connectivity index (χ3n) is 14.9. The molecule has 0 spiro atoms. The molecule has 0 radical (unpaired) electrons. The summed E-state index contributed by atoms with van der Waals surface area (Å²) in [7, 11) is 6.87. The Hall–Kier alpha value is -0.177. The molecule has 0 unspecified atom stereocenters. The van der Waals surface area contributed by atoms with Crippen LogP contribution in [0.25, 0.3) is 5.57 Å². The van der Waals surface area contributed by atoms with Crippen molar-refractivity contribution in [2.45, 2.75) is 227 Å². The molecular formula is C51H76ClP2Ru. The van der Waals surface area contributed by atoms with E-state index in [1.54, 1.807) is 154 Å². The van der Waals surface area contributed by atoms with Crippen molar-refractivity contribution in [2.24, 2.45) is 0 Å². The molecule has 0 saturated heterocycles. The first-order valence-corrected chi connectivity index (χ1v) is 30.0. The van der Waals surface area contributed by atoms with E-state index in [0.717, 1.165) is 0 Å². The van der Waals surface area contributed by atoms with Gasteiger partial charge in [0.25, 0.3) is 0 Å².